The van der Waals surface area contributed by atoms with E-state index in [9.17, 15) is 0 Å². The highest BCUT2D eigenvalue weighted by atomic mass is 32.2. The van der Waals surface area contributed by atoms with Gasteiger partial charge in [0.25, 0.3) is 0 Å². The minimum absolute atomic E-state index is 0.186. The Morgan fingerprint density at radius 2 is 1.79 bits per heavy atom. The minimum Gasteiger partial charge on any atom is -0.368 e. The van der Waals surface area contributed by atoms with E-state index < -0.39 is 0 Å². The van der Waals surface area contributed by atoms with Gasteiger partial charge in [0.1, 0.15) is 5.82 Å². The summed E-state index contributed by atoms with van der Waals surface area (Å²) in [5, 5.41) is 4.02. The summed E-state index contributed by atoms with van der Waals surface area (Å²) in [6.45, 7) is 2.08. The van der Waals surface area contributed by atoms with Crippen LogP contribution in [0, 0.1) is 6.92 Å². The smallest absolute Gasteiger partial charge is 0.232 e. The first-order valence-corrected chi connectivity index (χ1v) is 9.72. The number of benzene rings is 2. The predicted molar refractivity (Wildman–Crippen MR) is 112 cm³/mol. The van der Waals surface area contributed by atoms with Gasteiger partial charge in [0.15, 0.2) is 5.16 Å². The van der Waals surface area contributed by atoms with E-state index in [2.05, 4.69) is 48.9 Å². The van der Waals surface area contributed by atoms with Crippen LogP contribution in [0.25, 0.3) is 5.69 Å². The summed E-state index contributed by atoms with van der Waals surface area (Å²) in [6, 6.07) is 17.9. The van der Waals surface area contributed by atoms with E-state index in [0.717, 1.165) is 16.5 Å². The number of nitrogens with zero attached hydrogens (tertiary/aromatic N) is 5. The molecule has 0 spiro atoms. The molecule has 2 heterocycles. The highest BCUT2D eigenvalue weighted by Gasteiger charge is 2.11. The third-order valence-electron chi connectivity index (χ3n) is 4.04. The first-order chi connectivity index (χ1) is 13.7. The molecule has 0 saturated carbocycles. The number of anilines is 3. The van der Waals surface area contributed by atoms with E-state index in [1.165, 1.54) is 5.56 Å². The number of imidazole rings is 1. The molecular formula is C20H19N7S. The monoisotopic (exact) mass is 389 g/mol. The number of para-hydroxylation sites is 2. The van der Waals surface area contributed by atoms with Crippen LogP contribution in [-0.2, 0) is 5.75 Å². The second-order valence-electron chi connectivity index (χ2n) is 6.08. The summed E-state index contributed by atoms with van der Waals surface area (Å²) in [4.78, 5) is 17.4. The van der Waals surface area contributed by atoms with Crippen LogP contribution in [0.15, 0.2) is 72.1 Å². The van der Waals surface area contributed by atoms with Crippen LogP contribution in [0.4, 0.5) is 17.6 Å². The van der Waals surface area contributed by atoms with Gasteiger partial charge in [-0.3, -0.25) is 4.57 Å². The average molecular weight is 389 g/mol. The molecule has 0 bridgehead atoms. The molecular weight excluding hydrogens is 370 g/mol. The van der Waals surface area contributed by atoms with Crippen molar-refractivity contribution < 1.29 is 0 Å². The maximum Gasteiger partial charge on any atom is 0.232 e. The Morgan fingerprint density at radius 1 is 1.00 bits per heavy atom. The number of aryl methyl sites for hydroxylation is 1. The van der Waals surface area contributed by atoms with E-state index in [1.54, 1.807) is 18.0 Å². The van der Waals surface area contributed by atoms with Gasteiger partial charge in [0.05, 0.1) is 11.4 Å². The lowest BCUT2D eigenvalue weighted by Gasteiger charge is -2.10. The summed E-state index contributed by atoms with van der Waals surface area (Å²) in [6.07, 6.45) is 3.74. The minimum atomic E-state index is 0.186. The SMILES string of the molecule is Cc1ccccc1-n1ccnc1SCc1nc(N)nc(Nc2ccccc2)n1. The Kier molecular flexibility index (Phi) is 5.20. The Bertz CT molecular complexity index is 1080. The fraction of sp³-hybridized carbons (Fsp3) is 0.100. The molecule has 0 unspecified atom stereocenters. The van der Waals surface area contributed by atoms with E-state index in [0.29, 0.717) is 17.5 Å². The molecule has 4 rings (SSSR count). The Labute approximate surface area is 167 Å². The fourth-order valence-electron chi connectivity index (χ4n) is 2.75. The molecule has 8 heteroatoms. The van der Waals surface area contributed by atoms with Crippen molar-refractivity contribution in [2.45, 2.75) is 17.8 Å². The molecule has 0 aliphatic rings. The Balaban J connectivity index is 1.52. The molecule has 140 valence electrons. The van der Waals surface area contributed by atoms with Crippen molar-refractivity contribution in [3.8, 4) is 5.69 Å². The number of hydrogen-bond acceptors (Lipinski definition) is 7. The molecule has 0 radical (unpaired) electrons. The fourth-order valence-corrected chi connectivity index (χ4v) is 3.57. The van der Waals surface area contributed by atoms with Crippen molar-refractivity contribution >= 4 is 29.3 Å². The van der Waals surface area contributed by atoms with Crippen LogP contribution in [0.2, 0.25) is 0 Å². The zero-order valence-electron chi connectivity index (χ0n) is 15.3. The van der Waals surface area contributed by atoms with Gasteiger partial charge in [-0.05, 0) is 30.7 Å². The zero-order valence-corrected chi connectivity index (χ0v) is 16.1. The summed E-state index contributed by atoms with van der Waals surface area (Å²) < 4.78 is 2.06. The molecule has 0 aliphatic carbocycles. The summed E-state index contributed by atoms with van der Waals surface area (Å²) in [7, 11) is 0. The van der Waals surface area contributed by atoms with Crippen molar-refractivity contribution in [3.63, 3.8) is 0 Å². The lowest BCUT2D eigenvalue weighted by atomic mass is 10.2. The second kappa shape index (κ2) is 8.10. The summed E-state index contributed by atoms with van der Waals surface area (Å²) in [5.41, 5.74) is 9.04. The molecule has 0 aliphatic heterocycles. The Hall–Kier alpha value is -3.39. The van der Waals surface area contributed by atoms with Crippen molar-refractivity contribution in [1.82, 2.24) is 24.5 Å². The van der Waals surface area contributed by atoms with Crippen LogP contribution in [0.3, 0.4) is 0 Å². The molecule has 0 fully saturated rings. The molecule has 2 aromatic carbocycles. The number of nitrogen functional groups attached to an aromatic ring is 1. The largest absolute Gasteiger partial charge is 0.368 e. The third-order valence-corrected chi connectivity index (χ3v) is 5.00. The lowest BCUT2D eigenvalue weighted by molar-refractivity contribution is 0.884. The van der Waals surface area contributed by atoms with Gasteiger partial charge in [-0.25, -0.2) is 4.98 Å². The molecule has 0 saturated heterocycles. The molecule has 0 atom stereocenters. The standard InChI is InChI=1S/C20H19N7S/c1-14-7-5-6-10-16(14)27-12-11-22-20(27)28-13-17-24-18(21)26-19(25-17)23-15-8-3-2-4-9-15/h2-12H,13H2,1H3,(H3,21,23,24,25,26). The molecule has 0 amide bonds. The maximum absolute atomic E-state index is 5.87. The van der Waals surface area contributed by atoms with Gasteiger partial charge in [0.2, 0.25) is 11.9 Å². The Morgan fingerprint density at radius 3 is 2.61 bits per heavy atom. The van der Waals surface area contributed by atoms with Crippen LogP contribution in [-0.4, -0.2) is 24.5 Å². The molecule has 3 N–H and O–H groups in total. The quantitative estimate of drug-likeness (QED) is 0.482. The van der Waals surface area contributed by atoms with Crippen molar-refractivity contribution in [1.29, 1.82) is 0 Å². The van der Waals surface area contributed by atoms with Crippen LogP contribution < -0.4 is 11.1 Å². The van der Waals surface area contributed by atoms with Gasteiger partial charge in [-0.15, -0.1) is 0 Å². The van der Waals surface area contributed by atoms with Crippen molar-refractivity contribution in [2.24, 2.45) is 0 Å². The zero-order chi connectivity index (χ0) is 19.3. The number of aromatic nitrogens is 5. The topological polar surface area (TPSA) is 94.5 Å². The lowest BCUT2D eigenvalue weighted by Crippen LogP contribution is -2.07. The van der Waals surface area contributed by atoms with E-state index in [1.807, 2.05) is 48.7 Å². The first-order valence-electron chi connectivity index (χ1n) is 8.74. The van der Waals surface area contributed by atoms with Gasteiger partial charge in [-0.2, -0.15) is 15.0 Å². The molecule has 28 heavy (non-hydrogen) atoms. The number of nitrogens with two attached hydrogens (primary N) is 1. The summed E-state index contributed by atoms with van der Waals surface area (Å²) >= 11 is 1.55. The van der Waals surface area contributed by atoms with Crippen molar-refractivity contribution in [3.05, 3.63) is 78.4 Å². The number of nitrogens with one attached hydrogen (secondary N) is 1. The number of rotatable bonds is 6. The number of thioether (sulfide) groups is 1. The van der Waals surface area contributed by atoms with Crippen molar-refractivity contribution in [2.75, 3.05) is 11.1 Å². The van der Waals surface area contributed by atoms with Gasteiger partial charge in [-0.1, -0.05) is 48.2 Å². The van der Waals surface area contributed by atoms with E-state index >= 15 is 0 Å². The number of hydrogen-bond donors (Lipinski definition) is 2. The normalized spacial score (nSPS) is 10.8. The summed E-state index contributed by atoms with van der Waals surface area (Å²) in [5.74, 6) is 1.73. The van der Waals surface area contributed by atoms with Crippen LogP contribution in [0.5, 0.6) is 0 Å². The highest BCUT2D eigenvalue weighted by Crippen LogP contribution is 2.25. The molecule has 2 aromatic heterocycles. The highest BCUT2D eigenvalue weighted by molar-refractivity contribution is 7.98. The maximum atomic E-state index is 5.87. The third kappa shape index (κ3) is 4.12. The van der Waals surface area contributed by atoms with Gasteiger partial charge >= 0.3 is 0 Å². The van der Waals surface area contributed by atoms with Gasteiger partial charge in [0, 0.05) is 18.1 Å². The van der Waals surface area contributed by atoms with E-state index in [4.69, 9.17) is 5.73 Å². The predicted octanol–water partition coefficient (Wildman–Crippen LogP) is 3.98. The first kappa shape index (κ1) is 18.0. The molecule has 7 nitrogen and oxygen atoms in total. The molecule has 4 aromatic rings. The van der Waals surface area contributed by atoms with Crippen LogP contribution >= 0.6 is 11.8 Å². The second-order valence-corrected chi connectivity index (χ2v) is 7.02. The van der Waals surface area contributed by atoms with Crippen LogP contribution in [0.1, 0.15) is 11.4 Å². The van der Waals surface area contributed by atoms with Gasteiger partial charge < -0.3 is 11.1 Å². The van der Waals surface area contributed by atoms with E-state index in [-0.39, 0.29) is 5.95 Å². The average Bonchev–Trinajstić information content (AvgIpc) is 3.15.